The van der Waals surface area contributed by atoms with Gasteiger partial charge in [0, 0.05) is 17.9 Å². The molecule has 0 aliphatic heterocycles. The molecule has 0 aliphatic carbocycles. The Labute approximate surface area is 167 Å². The highest BCUT2D eigenvalue weighted by atomic mass is 32.2. The lowest BCUT2D eigenvalue weighted by atomic mass is 10.3. The summed E-state index contributed by atoms with van der Waals surface area (Å²) in [5.41, 5.74) is 2.55. The maximum atomic E-state index is 11.3. The van der Waals surface area contributed by atoms with Crippen molar-refractivity contribution in [3.05, 3.63) is 71.8 Å². The van der Waals surface area contributed by atoms with E-state index in [2.05, 4.69) is 23.1 Å². The summed E-state index contributed by atoms with van der Waals surface area (Å²) in [6, 6.07) is 10.1. The zero-order valence-electron chi connectivity index (χ0n) is 16.2. The van der Waals surface area contributed by atoms with Crippen LogP contribution in [-0.4, -0.2) is 19.9 Å². The largest absolute Gasteiger partial charge is 0.456 e. The number of aryl methyl sites for hydroxylation is 2. The van der Waals surface area contributed by atoms with Gasteiger partial charge in [-0.2, -0.15) is 0 Å². The first-order valence-corrected chi connectivity index (χ1v) is 9.99. The molecule has 1 heterocycles. The number of pyridine rings is 1. The maximum absolute atomic E-state index is 11.3. The first-order valence-electron chi connectivity index (χ1n) is 8.44. The van der Waals surface area contributed by atoms with Gasteiger partial charge in [-0.05, 0) is 69.3 Å². The standard InChI is InChI=1S/C19H23N3O3S.C2H2/c1-4-5-17(25-19-11-6-14(2)22-15(19)3)12-13-21-16-7-9-18(10-8-16)26(20,23)24;1-2/h4-12,21H,13H2,1-3H3,(H2,20,23,24);1-2H/b5-4-,17-12+;. The zero-order chi connectivity index (χ0) is 21.2. The van der Waals surface area contributed by atoms with Gasteiger partial charge in [0.05, 0.1) is 10.6 Å². The molecule has 1 aromatic heterocycles. The van der Waals surface area contributed by atoms with Crippen LogP contribution in [0, 0.1) is 26.7 Å². The Bertz CT molecular complexity index is 960. The van der Waals surface area contributed by atoms with Crippen molar-refractivity contribution in [3.8, 4) is 18.6 Å². The van der Waals surface area contributed by atoms with Gasteiger partial charge in [0.25, 0.3) is 0 Å². The average Bonchev–Trinajstić information content (AvgIpc) is 2.65. The van der Waals surface area contributed by atoms with Gasteiger partial charge in [0.1, 0.15) is 11.5 Å². The second-order valence-corrected chi connectivity index (χ2v) is 7.26. The van der Waals surface area contributed by atoms with Crippen LogP contribution >= 0.6 is 0 Å². The number of rotatable bonds is 7. The molecule has 2 rings (SSSR count). The fourth-order valence-corrected chi connectivity index (χ4v) is 2.76. The number of nitrogens with two attached hydrogens (primary N) is 1. The SMILES string of the molecule is C#C.C/C=C\C(=C/CNc1ccc(S(N)(=O)=O)cc1)Oc1ccc(C)nc1C. The van der Waals surface area contributed by atoms with E-state index < -0.39 is 10.0 Å². The highest BCUT2D eigenvalue weighted by molar-refractivity contribution is 7.89. The topological polar surface area (TPSA) is 94.3 Å². The maximum Gasteiger partial charge on any atom is 0.238 e. The van der Waals surface area contributed by atoms with Crippen molar-refractivity contribution in [3.63, 3.8) is 0 Å². The van der Waals surface area contributed by atoms with Gasteiger partial charge in [0.2, 0.25) is 10.0 Å². The van der Waals surface area contributed by atoms with Gasteiger partial charge < -0.3 is 10.1 Å². The fourth-order valence-electron chi connectivity index (χ4n) is 2.25. The smallest absolute Gasteiger partial charge is 0.238 e. The van der Waals surface area contributed by atoms with E-state index >= 15 is 0 Å². The van der Waals surface area contributed by atoms with Crippen LogP contribution in [0.1, 0.15) is 18.3 Å². The van der Waals surface area contributed by atoms with Crippen molar-refractivity contribution in [1.29, 1.82) is 0 Å². The van der Waals surface area contributed by atoms with Gasteiger partial charge in [-0.1, -0.05) is 6.08 Å². The quantitative estimate of drug-likeness (QED) is 0.422. The Kier molecular flexibility index (Phi) is 8.96. The second kappa shape index (κ2) is 10.9. The molecule has 0 fully saturated rings. The summed E-state index contributed by atoms with van der Waals surface area (Å²) in [4.78, 5) is 4.47. The van der Waals surface area contributed by atoms with Crippen molar-refractivity contribution in [2.45, 2.75) is 25.7 Å². The van der Waals surface area contributed by atoms with Crippen molar-refractivity contribution in [2.75, 3.05) is 11.9 Å². The molecule has 0 atom stereocenters. The summed E-state index contributed by atoms with van der Waals surface area (Å²) in [7, 11) is -3.68. The molecule has 0 unspecified atom stereocenters. The Hall–Kier alpha value is -3.08. The molecule has 3 N–H and O–H groups in total. The molecular weight excluding hydrogens is 374 g/mol. The van der Waals surface area contributed by atoms with Crippen LogP contribution in [0.15, 0.2) is 65.3 Å². The highest BCUT2D eigenvalue weighted by Gasteiger charge is 2.06. The third kappa shape index (κ3) is 7.27. The minimum Gasteiger partial charge on any atom is -0.456 e. The molecule has 0 aliphatic rings. The van der Waals surface area contributed by atoms with Gasteiger partial charge >= 0.3 is 0 Å². The van der Waals surface area contributed by atoms with Crippen molar-refractivity contribution in [1.82, 2.24) is 4.98 Å². The second-order valence-electron chi connectivity index (χ2n) is 5.70. The van der Waals surface area contributed by atoms with Gasteiger partial charge in [-0.3, -0.25) is 4.98 Å². The number of terminal acetylenes is 1. The van der Waals surface area contributed by atoms with Crippen LogP contribution in [0.5, 0.6) is 5.75 Å². The highest BCUT2D eigenvalue weighted by Crippen LogP contribution is 2.19. The summed E-state index contributed by atoms with van der Waals surface area (Å²) in [6.45, 7) is 6.26. The monoisotopic (exact) mass is 399 g/mol. The number of hydrogen-bond acceptors (Lipinski definition) is 5. The van der Waals surface area contributed by atoms with Crippen LogP contribution in [0.2, 0.25) is 0 Å². The third-order valence-corrected chi connectivity index (χ3v) is 4.46. The zero-order valence-corrected chi connectivity index (χ0v) is 17.0. The van der Waals surface area contributed by atoms with Gasteiger partial charge in [-0.15, -0.1) is 12.8 Å². The molecule has 0 amide bonds. The van der Waals surface area contributed by atoms with Crippen LogP contribution in [0.4, 0.5) is 5.69 Å². The molecule has 0 saturated carbocycles. The number of nitrogens with zero attached hydrogens (tertiary/aromatic N) is 1. The van der Waals surface area contributed by atoms with E-state index in [1.54, 1.807) is 12.1 Å². The fraction of sp³-hybridized carbons (Fsp3) is 0.190. The number of primary sulfonamides is 1. The van der Waals surface area contributed by atoms with E-state index in [-0.39, 0.29) is 4.90 Å². The lowest BCUT2D eigenvalue weighted by Gasteiger charge is -2.10. The Morgan fingerprint density at radius 1 is 1.18 bits per heavy atom. The molecule has 0 saturated heterocycles. The molecule has 0 radical (unpaired) electrons. The minimum absolute atomic E-state index is 0.0823. The van der Waals surface area contributed by atoms with Crippen molar-refractivity contribution < 1.29 is 13.2 Å². The van der Waals surface area contributed by atoms with Crippen LogP contribution in [0.25, 0.3) is 0 Å². The normalized spacial score (nSPS) is 11.6. The Balaban J connectivity index is 0.00000190. The Morgan fingerprint density at radius 2 is 1.82 bits per heavy atom. The van der Waals surface area contributed by atoms with E-state index in [0.29, 0.717) is 18.1 Å². The predicted octanol–water partition coefficient (Wildman–Crippen LogP) is 3.55. The van der Waals surface area contributed by atoms with E-state index in [0.717, 1.165) is 17.1 Å². The predicted molar refractivity (Wildman–Crippen MR) is 113 cm³/mol. The summed E-state index contributed by atoms with van der Waals surface area (Å²) in [5, 5.41) is 8.27. The van der Waals surface area contributed by atoms with E-state index in [1.807, 2.05) is 51.1 Å². The lowest BCUT2D eigenvalue weighted by molar-refractivity contribution is 0.436. The number of ether oxygens (including phenoxy) is 1. The number of allylic oxidation sites excluding steroid dienone is 2. The summed E-state index contributed by atoms with van der Waals surface area (Å²) < 4.78 is 28.4. The molecule has 6 nitrogen and oxygen atoms in total. The molecule has 7 heteroatoms. The summed E-state index contributed by atoms with van der Waals surface area (Å²) >= 11 is 0. The van der Waals surface area contributed by atoms with E-state index in [4.69, 9.17) is 9.88 Å². The average molecular weight is 400 g/mol. The van der Waals surface area contributed by atoms with Gasteiger partial charge in [-0.25, -0.2) is 13.6 Å². The van der Waals surface area contributed by atoms with Crippen LogP contribution < -0.4 is 15.2 Å². The number of anilines is 1. The van der Waals surface area contributed by atoms with Crippen LogP contribution in [-0.2, 0) is 10.0 Å². The van der Waals surface area contributed by atoms with Crippen LogP contribution in [0.3, 0.4) is 0 Å². The number of benzene rings is 1. The number of nitrogens with one attached hydrogen (secondary N) is 1. The first kappa shape index (κ1) is 23.0. The van der Waals surface area contributed by atoms with Crippen molar-refractivity contribution >= 4 is 15.7 Å². The van der Waals surface area contributed by atoms with Crippen molar-refractivity contribution in [2.24, 2.45) is 5.14 Å². The molecule has 0 spiro atoms. The minimum atomic E-state index is -3.68. The molecule has 0 bridgehead atoms. The summed E-state index contributed by atoms with van der Waals surface area (Å²) in [6.07, 6.45) is 13.7. The molecule has 28 heavy (non-hydrogen) atoms. The number of hydrogen-bond donors (Lipinski definition) is 2. The van der Waals surface area contributed by atoms with E-state index in [1.165, 1.54) is 12.1 Å². The van der Waals surface area contributed by atoms with E-state index in [9.17, 15) is 8.42 Å². The molecular formula is C21H25N3O3S. The number of sulfonamides is 1. The first-order chi connectivity index (χ1) is 13.3. The number of aromatic nitrogens is 1. The molecule has 1 aromatic carbocycles. The third-order valence-electron chi connectivity index (χ3n) is 3.53. The molecule has 2 aromatic rings. The summed E-state index contributed by atoms with van der Waals surface area (Å²) in [5.74, 6) is 1.40. The van der Waals surface area contributed by atoms with Gasteiger partial charge in [0.15, 0.2) is 0 Å². The lowest BCUT2D eigenvalue weighted by Crippen LogP contribution is -2.12. The Morgan fingerprint density at radius 3 is 2.36 bits per heavy atom. The molecule has 148 valence electrons.